The van der Waals surface area contributed by atoms with Gasteiger partial charge in [0, 0.05) is 11.6 Å². The number of rotatable bonds is 2. The second-order valence-electron chi connectivity index (χ2n) is 3.01. The highest BCUT2D eigenvalue weighted by Crippen LogP contribution is 2.28. The van der Waals surface area contributed by atoms with Gasteiger partial charge in [0.1, 0.15) is 11.5 Å². The van der Waals surface area contributed by atoms with Crippen molar-refractivity contribution in [3.05, 3.63) is 23.8 Å². The number of hydrogen-bond donors (Lipinski definition) is 4. The fourth-order valence-corrected chi connectivity index (χ4v) is 1.07. The molecule has 1 aromatic rings. The molecule has 1 aromatic carbocycles. The Kier molecular flexibility index (Phi) is 2.75. The van der Waals surface area contributed by atoms with Gasteiger partial charge in [0.05, 0.1) is 12.1 Å². The van der Waals surface area contributed by atoms with Gasteiger partial charge in [-0.05, 0) is 19.1 Å². The van der Waals surface area contributed by atoms with E-state index in [0.717, 1.165) is 0 Å². The standard InChI is InChI=1S/C9H13NO3/c1-5(11)9(10)7-3-2-6(12)4-8(7)13/h2-5,9,11-13H,10H2,1H3/t5-,9+/m0/s1. The lowest BCUT2D eigenvalue weighted by molar-refractivity contribution is 0.162. The van der Waals surface area contributed by atoms with Crippen molar-refractivity contribution in [2.75, 3.05) is 0 Å². The number of phenols is 2. The minimum atomic E-state index is -0.740. The van der Waals surface area contributed by atoms with Crippen LogP contribution < -0.4 is 5.73 Å². The van der Waals surface area contributed by atoms with Gasteiger partial charge in [0.2, 0.25) is 0 Å². The molecule has 4 heteroatoms. The number of phenolic OH excluding ortho intramolecular Hbond substituents is 2. The molecule has 13 heavy (non-hydrogen) atoms. The SMILES string of the molecule is C[C@H](O)[C@@H](N)c1ccc(O)cc1O. The summed E-state index contributed by atoms with van der Waals surface area (Å²) < 4.78 is 0. The lowest BCUT2D eigenvalue weighted by atomic mass is 10.0. The molecule has 0 heterocycles. The Morgan fingerprint density at radius 3 is 2.38 bits per heavy atom. The topological polar surface area (TPSA) is 86.7 Å². The summed E-state index contributed by atoms with van der Waals surface area (Å²) in [4.78, 5) is 0. The quantitative estimate of drug-likeness (QED) is 0.537. The summed E-state index contributed by atoms with van der Waals surface area (Å²) in [6, 6.07) is 3.46. The van der Waals surface area contributed by atoms with Crippen molar-refractivity contribution in [1.82, 2.24) is 0 Å². The maximum absolute atomic E-state index is 9.36. The first-order chi connectivity index (χ1) is 6.02. The van der Waals surface area contributed by atoms with Crippen molar-refractivity contribution in [2.45, 2.75) is 19.1 Å². The van der Waals surface area contributed by atoms with E-state index in [9.17, 15) is 5.11 Å². The van der Waals surface area contributed by atoms with E-state index < -0.39 is 12.1 Å². The Morgan fingerprint density at radius 1 is 1.31 bits per heavy atom. The van der Waals surface area contributed by atoms with Gasteiger partial charge in [-0.3, -0.25) is 0 Å². The third-order valence-corrected chi connectivity index (χ3v) is 1.89. The van der Waals surface area contributed by atoms with Gasteiger partial charge in [-0.15, -0.1) is 0 Å². The van der Waals surface area contributed by atoms with Crippen LogP contribution in [0.3, 0.4) is 0 Å². The van der Waals surface area contributed by atoms with Crippen LogP contribution in [0.25, 0.3) is 0 Å². The smallest absolute Gasteiger partial charge is 0.124 e. The molecule has 0 aromatic heterocycles. The molecule has 0 aliphatic heterocycles. The zero-order chi connectivity index (χ0) is 10.0. The van der Waals surface area contributed by atoms with E-state index in [2.05, 4.69) is 0 Å². The molecule has 5 N–H and O–H groups in total. The van der Waals surface area contributed by atoms with E-state index in [0.29, 0.717) is 5.56 Å². The van der Waals surface area contributed by atoms with Crippen LogP contribution in [0.4, 0.5) is 0 Å². The molecule has 4 nitrogen and oxygen atoms in total. The Bertz CT molecular complexity index is 299. The molecular formula is C9H13NO3. The van der Waals surface area contributed by atoms with Crippen molar-refractivity contribution in [2.24, 2.45) is 5.73 Å². The molecule has 2 atom stereocenters. The number of nitrogens with two attached hydrogens (primary N) is 1. The molecule has 72 valence electrons. The molecule has 0 radical (unpaired) electrons. The normalized spacial score (nSPS) is 15.3. The molecule has 0 fully saturated rings. The number of hydrogen-bond acceptors (Lipinski definition) is 4. The van der Waals surface area contributed by atoms with Crippen molar-refractivity contribution in [1.29, 1.82) is 0 Å². The van der Waals surface area contributed by atoms with E-state index in [1.165, 1.54) is 25.1 Å². The van der Waals surface area contributed by atoms with E-state index in [-0.39, 0.29) is 11.5 Å². The lowest BCUT2D eigenvalue weighted by Crippen LogP contribution is -2.23. The highest BCUT2D eigenvalue weighted by molar-refractivity contribution is 5.40. The Balaban J connectivity index is 3.01. The molecule has 0 saturated carbocycles. The second kappa shape index (κ2) is 3.64. The summed E-state index contributed by atoms with van der Waals surface area (Å²) in [6.07, 6.45) is -0.740. The third-order valence-electron chi connectivity index (χ3n) is 1.89. The van der Waals surface area contributed by atoms with Crippen molar-refractivity contribution >= 4 is 0 Å². The largest absolute Gasteiger partial charge is 0.508 e. The predicted molar refractivity (Wildman–Crippen MR) is 48.4 cm³/mol. The number of aliphatic hydroxyl groups excluding tert-OH is 1. The average Bonchev–Trinajstić information content (AvgIpc) is 2.03. The summed E-state index contributed by atoms with van der Waals surface area (Å²) >= 11 is 0. The molecule has 0 unspecified atom stereocenters. The van der Waals surface area contributed by atoms with Gasteiger partial charge in [0.15, 0.2) is 0 Å². The van der Waals surface area contributed by atoms with Gasteiger partial charge in [-0.25, -0.2) is 0 Å². The first kappa shape index (κ1) is 9.83. The van der Waals surface area contributed by atoms with Gasteiger partial charge in [-0.2, -0.15) is 0 Å². The van der Waals surface area contributed by atoms with Gasteiger partial charge in [-0.1, -0.05) is 0 Å². The molecule has 0 amide bonds. The van der Waals surface area contributed by atoms with Crippen LogP contribution in [-0.4, -0.2) is 21.4 Å². The monoisotopic (exact) mass is 183 g/mol. The molecule has 0 aliphatic carbocycles. The third kappa shape index (κ3) is 2.11. The molecule has 1 rings (SSSR count). The Labute approximate surface area is 76.2 Å². The fraction of sp³-hybridized carbons (Fsp3) is 0.333. The van der Waals surface area contributed by atoms with E-state index in [1.807, 2.05) is 0 Å². The fourth-order valence-electron chi connectivity index (χ4n) is 1.07. The molecule has 0 bridgehead atoms. The van der Waals surface area contributed by atoms with Crippen LogP contribution in [0.1, 0.15) is 18.5 Å². The van der Waals surface area contributed by atoms with Crippen LogP contribution >= 0.6 is 0 Å². The van der Waals surface area contributed by atoms with Crippen LogP contribution in [0, 0.1) is 0 Å². The maximum atomic E-state index is 9.36. The highest BCUT2D eigenvalue weighted by Gasteiger charge is 2.15. The van der Waals surface area contributed by atoms with Crippen LogP contribution in [-0.2, 0) is 0 Å². The summed E-state index contributed by atoms with van der Waals surface area (Å²) in [5.74, 6) is -0.132. The Hall–Kier alpha value is -1.26. The predicted octanol–water partition coefficient (Wildman–Crippen LogP) is 0.478. The number of benzene rings is 1. The van der Waals surface area contributed by atoms with Gasteiger partial charge < -0.3 is 21.1 Å². The molecular weight excluding hydrogens is 170 g/mol. The highest BCUT2D eigenvalue weighted by atomic mass is 16.3. The van der Waals surface area contributed by atoms with Gasteiger partial charge >= 0.3 is 0 Å². The molecule has 0 aliphatic rings. The van der Waals surface area contributed by atoms with Gasteiger partial charge in [0.25, 0.3) is 0 Å². The Morgan fingerprint density at radius 2 is 1.92 bits per heavy atom. The zero-order valence-corrected chi connectivity index (χ0v) is 7.31. The summed E-state index contributed by atoms with van der Waals surface area (Å²) in [5.41, 5.74) is 6.02. The van der Waals surface area contributed by atoms with Crippen LogP contribution in [0.5, 0.6) is 11.5 Å². The zero-order valence-electron chi connectivity index (χ0n) is 7.31. The number of aromatic hydroxyl groups is 2. The summed E-state index contributed by atoms with van der Waals surface area (Å²) in [5, 5.41) is 27.5. The second-order valence-corrected chi connectivity index (χ2v) is 3.01. The van der Waals surface area contributed by atoms with Crippen LogP contribution in [0.15, 0.2) is 18.2 Å². The van der Waals surface area contributed by atoms with E-state index >= 15 is 0 Å². The minimum Gasteiger partial charge on any atom is -0.508 e. The van der Waals surface area contributed by atoms with Crippen LogP contribution in [0.2, 0.25) is 0 Å². The van der Waals surface area contributed by atoms with Crippen molar-refractivity contribution in [3.63, 3.8) is 0 Å². The minimum absolute atomic E-state index is 0.0287. The lowest BCUT2D eigenvalue weighted by Gasteiger charge is -2.16. The summed E-state index contributed by atoms with van der Waals surface area (Å²) in [6.45, 7) is 1.54. The van der Waals surface area contributed by atoms with Crippen molar-refractivity contribution in [3.8, 4) is 11.5 Å². The maximum Gasteiger partial charge on any atom is 0.124 e. The van der Waals surface area contributed by atoms with Crippen molar-refractivity contribution < 1.29 is 15.3 Å². The van der Waals surface area contributed by atoms with E-state index in [4.69, 9.17) is 15.9 Å². The summed E-state index contributed by atoms with van der Waals surface area (Å²) in [7, 11) is 0. The number of aliphatic hydroxyl groups is 1. The first-order valence-electron chi connectivity index (χ1n) is 3.98. The van der Waals surface area contributed by atoms with E-state index in [1.54, 1.807) is 0 Å². The average molecular weight is 183 g/mol. The molecule has 0 saturated heterocycles. The molecule has 0 spiro atoms. The first-order valence-corrected chi connectivity index (χ1v) is 3.98.